The Kier molecular flexibility index (Phi) is 6.17. The van der Waals surface area contributed by atoms with Crippen molar-refractivity contribution in [3.05, 3.63) is 53.4 Å². The van der Waals surface area contributed by atoms with Crippen molar-refractivity contribution in [1.82, 2.24) is 19.7 Å². The first kappa shape index (κ1) is 19.9. The molecule has 0 radical (unpaired) electrons. The third-order valence-electron chi connectivity index (χ3n) is 4.90. The first-order chi connectivity index (χ1) is 14.1. The minimum atomic E-state index is -0.565. The Morgan fingerprint density at radius 1 is 1.14 bits per heavy atom. The summed E-state index contributed by atoms with van der Waals surface area (Å²) in [6, 6.07) is 5.83. The lowest BCUT2D eigenvalue weighted by Crippen LogP contribution is -2.38. The first-order valence-electron chi connectivity index (χ1n) is 9.58. The molecular formula is C20H23F2N5OS. The molecule has 4 rings (SSSR count). The maximum Gasteiger partial charge on any atom is 0.183 e. The summed E-state index contributed by atoms with van der Waals surface area (Å²) in [7, 11) is 0. The van der Waals surface area contributed by atoms with Crippen LogP contribution in [0.25, 0.3) is 10.6 Å². The van der Waals surface area contributed by atoms with Gasteiger partial charge in [-0.1, -0.05) is 17.4 Å². The van der Waals surface area contributed by atoms with E-state index in [9.17, 15) is 8.78 Å². The zero-order valence-electron chi connectivity index (χ0n) is 16.2. The summed E-state index contributed by atoms with van der Waals surface area (Å²) in [6.45, 7) is 7.20. The van der Waals surface area contributed by atoms with Crippen LogP contribution in [0, 0.1) is 18.6 Å². The van der Waals surface area contributed by atoms with Crippen molar-refractivity contribution in [3.8, 4) is 10.6 Å². The summed E-state index contributed by atoms with van der Waals surface area (Å²) in [5, 5.41) is 8.30. The van der Waals surface area contributed by atoms with Gasteiger partial charge in [0.2, 0.25) is 0 Å². The smallest absolute Gasteiger partial charge is 0.183 e. The molecule has 1 aliphatic rings. The lowest BCUT2D eigenvalue weighted by molar-refractivity contribution is 0.0360. The van der Waals surface area contributed by atoms with Crippen molar-refractivity contribution < 1.29 is 13.5 Å². The van der Waals surface area contributed by atoms with Crippen LogP contribution in [0.5, 0.6) is 0 Å². The number of nitrogens with zero attached hydrogens (tertiary/aromatic N) is 4. The molecule has 0 amide bonds. The van der Waals surface area contributed by atoms with E-state index < -0.39 is 11.6 Å². The number of benzene rings is 1. The molecule has 2 aromatic heterocycles. The topological polar surface area (TPSA) is 55.2 Å². The Labute approximate surface area is 172 Å². The second-order valence-corrected chi connectivity index (χ2v) is 7.90. The van der Waals surface area contributed by atoms with Gasteiger partial charge < -0.3 is 10.1 Å². The van der Waals surface area contributed by atoms with Crippen molar-refractivity contribution in [1.29, 1.82) is 0 Å². The number of aromatic nitrogens is 3. The van der Waals surface area contributed by atoms with Crippen LogP contribution in [0.3, 0.4) is 0 Å². The molecule has 3 aromatic rings. The molecular weight excluding hydrogens is 396 g/mol. The van der Waals surface area contributed by atoms with Crippen LogP contribution in [-0.2, 0) is 17.8 Å². The molecule has 9 heteroatoms. The van der Waals surface area contributed by atoms with Crippen LogP contribution >= 0.6 is 11.3 Å². The Bertz CT molecular complexity index is 947. The van der Waals surface area contributed by atoms with E-state index in [1.165, 1.54) is 29.5 Å². The van der Waals surface area contributed by atoms with Gasteiger partial charge in [0.05, 0.1) is 30.3 Å². The number of rotatable bonds is 7. The lowest BCUT2D eigenvalue weighted by atomic mass is 10.2. The molecule has 6 nitrogen and oxygen atoms in total. The largest absolute Gasteiger partial charge is 0.379 e. The highest BCUT2D eigenvalue weighted by atomic mass is 32.1. The van der Waals surface area contributed by atoms with Crippen LogP contribution in [-0.4, -0.2) is 52.5 Å². The van der Waals surface area contributed by atoms with Gasteiger partial charge in [0.15, 0.2) is 5.13 Å². The summed E-state index contributed by atoms with van der Waals surface area (Å²) in [5.74, 6) is -1.13. The zero-order chi connectivity index (χ0) is 20.2. The van der Waals surface area contributed by atoms with Crippen molar-refractivity contribution in [2.75, 3.05) is 38.2 Å². The summed E-state index contributed by atoms with van der Waals surface area (Å²) < 4.78 is 34.9. The van der Waals surface area contributed by atoms with Gasteiger partial charge in [0.1, 0.15) is 17.3 Å². The van der Waals surface area contributed by atoms with Crippen LogP contribution in [0.2, 0.25) is 0 Å². The minimum absolute atomic E-state index is 0.00861. The molecule has 0 aliphatic carbocycles. The van der Waals surface area contributed by atoms with E-state index >= 15 is 0 Å². The van der Waals surface area contributed by atoms with Crippen molar-refractivity contribution in [2.45, 2.75) is 20.0 Å². The Hall–Kier alpha value is -2.36. The number of halogens is 2. The third-order valence-corrected chi connectivity index (χ3v) is 6.03. The molecule has 1 saturated heterocycles. The fourth-order valence-electron chi connectivity index (χ4n) is 3.25. The molecule has 0 bridgehead atoms. The van der Waals surface area contributed by atoms with E-state index in [2.05, 4.69) is 20.3 Å². The highest BCUT2D eigenvalue weighted by Crippen LogP contribution is 2.32. The standard InChI is InChI=1S/C20H23F2N5OS/c1-14-19(18-5-6-27(25-18)8-7-26-9-11-28-12-10-26)29-20(24-14)23-13-15-16(21)3-2-4-17(15)22/h2-6H,7-13H2,1H3,(H,23,24). The number of anilines is 1. The van der Waals surface area contributed by atoms with Gasteiger partial charge in [0.25, 0.3) is 0 Å². The second-order valence-electron chi connectivity index (χ2n) is 6.91. The van der Waals surface area contributed by atoms with Crippen molar-refractivity contribution >= 4 is 16.5 Å². The van der Waals surface area contributed by atoms with Crippen LogP contribution < -0.4 is 5.32 Å². The molecule has 0 atom stereocenters. The Morgan fingerprint density at radius 3 is 2.66 bits per heavy atom. The van der Waals surface area contributed by atoms with Crippen LogP contribution in [0.1, 0.15) is 11.3 Å². The molecule has 1 fully saturated rings. The molecule has 0 unspecified atom stereocenters. The average molecular weight is 420 g/mol. The number of morpholine rings is 1. The monoisotopic (exact) mass is 419 g/mol. The highest BCUT2D eigenvalue weighted by Gasteiger charge is 2.15. The lowest BCUT2D eigenvalue weighted by Gasteiger charge is -2.26. The maximum absolute atomic E-state index is 13.8. The number of hydrogen-bond donors (Lipinski definition) is 1. The van der Waals surface area contributed by atoms with Gasteiger partial charge in [-0.15, -0.1) is 0 Å². The van der Waals surface area contributed by atoms with Crippen molar-refractivity contribution in [2.24, 2.45) is 0 Å². The van der Waals surface area contributed by atoms with Gasteiger partial charge in [-0.2, -0.15) is 5.10 Å². The highest BCUT2D eigenvalue weighted by molar-refractivity contribution is 7.19. The van der Waals surface area contributed by atoms with E-state index in [0.717, 1.165) is 55.7 Å². The first-order valence-corrected chi connectivity index (χ1v) is 10.4. The third kappa shape index (κ3) is 4.80. The normalized spacial score (nSPS) is 15.0. The second kappa shape index (κ2) is 8.98. The summed E-state index contributed by atoms with van der Waals surface area (Å²) in [5.41, 5.74) is 1.70. The van der Waals surface area contributed by atoms with E-state index in [1.807, 2.05) is 23.9 Å². The maximum atomic E-state index is 13.8. The van der Waals surface area contributed by atoms with Crippen molar-refractivity contribution in [3.63, 3.8) is 0 Å². The van der Waals surface area contributed by atoms with Gasteiger partial charge in [-0.25, -0.2) is 13.8 Å². The fraction of sp³-hybridized carbons (Fsp3) is 0.400. The van der Waals surface area contributed by atoms with E-state index in [0.29, 0.717) is 5.13 Å². The van der Waals surface area contributed by atoms with E-state index in [-0.39, 0.29) is 12.1 Å². The molecule has 1 aromatic carbocycles. The molecule has 1 aliphatic heterocycles. The number of ether oxygens (including phenoxy) is 1. The molecule has 3 heterocycles. The number of hydrogen-bond acceptors (Lipinski definition) is 6. The number of aryl methyl sites for hydroxylation is 1. The SMILES string of the molecule is Cc1nc(NCc2c(F)cccc2F)sc1-c1ccn(CCN2CCOCC2)n1. The molecule has 1 N–H and O–H groups in total. The van der Waals surface area contributed by atoms with Gasteiger partial charge >= 0.3 is 0 Å². The van der Waals surface area contributed by atoms with Gasteiger partial charge in [0, 0.05) is 37.9 Å². The average Bonchev–Trinajstić information content (AvgIpc) is 3.33. The Morgan fingerprint density at radius 2 is 1.90 bits per heavy atom. The number of thiazole rings is 1. The predicted octanol–water partition coefficient (Wildman–Crippen LogP) is 3.54. The fourth-order valence-corrected chi connectivity index (χ4v) is 4.18. The van der Waals surface area contributed by atoms with Gasteiger partial charge in [-0.05, 0) is 25.1 Å². The van der Waals surface area contributed by atoms with E-state index in [1.54, 1.807) is 0 Å². The molecule has 29 heavy (non-hydrogen) atoms. The zero-order valence-corrected chi connectivity index (χ0v) is 17.0. The Balaban J connectivity index is 1.39. The molecule has 0 spiro atoms. The summed E-state index contributed by atoms with van der Waals surface area (Å²) >= 11 is 1.43. The van der Waals surface area contributed by atoms with Crippen LogP contribution in [0.4, 0.5) is 13.9 Å². The summed E-state index contributed by atoms with van der Waals surface area (Å²) in [6.07, 6.45) is 1.97. The van der Waals surface area contributed by atoms with Gasteiger partial charge in [-0.3, -0.25) is 9.58 Å². The number of nitrogens with one attached hydrogen (secondary N) is 1. The predicted molar refractivity (Wildman–Crippen MR) is 109 cm³/mol. The van der Waals surface area contributed by atoms with Crippen LogP contribution in [0.15, 0.2) is 30.5 Å². The quantitative estimate of drug-likeness (QED) is 0.635. The molecule has 154 valence electrons. The molecule has 0 saturated carbocycles. The van der Waals surface area contributed by atoms with E-state index in [4.69, 9.17) is 4.74 Å². The summed E-state index contributed by atoms with van der Waals surface area (Å²) in [4.78, 5) is 7.80. The minimum Gasteiger partial charge on any atom is -0.379 e.